The van der Waals surface area contributed by atoms with E-state index in [1.807, 2.05) is 0 Å². The molecule has 0 aliphatic carbocycles. The first-order valence-corrected chi connectivity index (χ1v) is 7.81. The summed E-state index contributed by atoms with van der Waals surface area (Å²) >= 11 is 0. The first-order valence-electron chi connectivity index (χ1n) is 2.96. The summed E-state index contributed by atoms with van der Waals surface area (Å²) in [6.45, 7) is 7.10. The van der Waals surface area contributed by atoms with Gasteiger partial charge in [0.15, 0.2) is 6.43 Å². The molecule has 0 amide bonds. The Morgan fingerprint density at radius 1 is 1.25 bits per heavy atom. The van der Waals surface area contributed by atoms with Gasteiger partial charge in [-0.3, -0.25) is 0 Å². The fourth-order valence-electron chi connectivity index (χ4n) is 0.471. The lowest BCUT2D eigenvalue weighted by Gasteiger charge is -2.05. The summed E-state index contributed by atoms with van der Waals surface area (Å²) in [6, 6.07) is 0. The zero-order valence-electron chi connectivity index (χ0n) is 6.49. The second-order valence-electron chi connectivity index (χ2n) is 2.58. The topological polar surface area (TPSA) is 0 Å². The Morgan fingerprint density at radius 2 is 1.62 bits per heavy atom. The highest BCUT2D eigenvalue weighted by Gasteiger charge is 1.98. The fourth-order valence-corrected chi connectivity index (χ4v) is 4.24. The Balaban J connectivity index is 4.00. The molecule has 1 unspecified atom stereocenters. The highest BCUT2D eigenvalue weighted by molar-refractivity contribution is 8.35. The van der Waals surface area contributed by atoms with Crippen LogP contribution in [-0.2, 0) is 10.1 Å². The Morgan fingerprint density at radius 3 is 1.62 bits per heavy atom. The molecule has 0 saturated heterocycles. The van der Waals surface area contributed by atoms with Gasteiger partial charge in [-0.25, -0.2) is 10.1 Å². The van der Waals surface area contributed by atoms with Crippen LogP contribution in [0.15, 0.2) is 0 Å². The standard InChI is InChI=1S/C5H16BPS/c1-6(2)7(3)8(4)5/h7H,1-5H3. The molecular formula is C5H16BPS. The summed E-state index contributed by atoms with van der Waals surface area (Å²) in [4.78, 5) is 0. The molecule has 0 aromatic heterocycles. The van der Waals surface area contributed by atoms with Gasteiger partial charge in [0, 0.05) is 0 Å². The van der Waals surface area contributed by atoms with Crippen LogP contribution in [0.2, 0.25) is 13.6 Å². The Hall–Kier alpha value is 0.845. The Labute approximate surface area is 56.5 Å². The normalized spacial score (nSPS) is 14.2. The lowest BCUT2D eigenvalue weighted by molar-refractivity contribution is 2.09. The van der Waals surface area contributed by atoms with Crippen molar-refractivity contribution in [3.8, 4) is 0 Å². The maximum Gasteiger partial charge on any atom is 0.167 e. The third-order valence-electron chi connectivity index (χ3n) is 1.46. The molecule has 0 aliphatic heterocycles. The molecule has 0 saturated carbocycles. The average molecular weight is 150 g/mol. The molecule has 0 heterocycles. The second-order valence-corrected chi connectivity index (χ2v) is 11.0. The predicted octanol–water partition coefficient (Wildman–Crippen LogP) is 1.87. The SMILES string of the molecule is CB(C)[PH](C)=S(C)C. The van der Waals surface area contributed by atoms with E-state index in [0.29, 0.717) is 10.1 Å². The molecule has 50 valence electrons. The molecule has 1 atom stereocenters. The van der Waals surface area contributed by atoms with Gasteiger partial charge in [-0.1, -0.05) is 13.6 Å². The van der Waals surface area contributed by atoms with Crippen LogP contribution < -0.4 is 0 Å². The van der Waals surface area contributed by atoms with Crippen LogP contribution >= 0.6 is 6.58 Å². The van der Waals surface area contributed by atoms with E-state index in [1.165, 1.54) is 0 Å². The third-order valence-corrected chi connectivity index (χ3v) is 9.65. The molecule has 0 nitrogen and oxygen atoms in total. The number of hydrogen-bond donors (Lipinski definition) is 0. The minimum absolute atomic E-state index is 0.00412. The quantitative estimate of drug-likeness (QED) is 0.395. The molecule has 0 bridgehead atoms. The molecule has 0 aromatic rings. The van der Waals surface area contributed by atoms with Gasteiger partial charge in [0.25, 0.3) is 0 Å². The summed E-state index contributed by atoms with van der Waals surface area (Å²) in [5.41, 5.74) is 0. The van der Waals surface area contributed by atoms with Crippen LogP contribution in [0.25, 0.3) is 0 Å². The molecule has 0 aliphatic rings. The van der Waals surface area contributed by atoms with Crippen molar-refractivity contribution in [1.29, 1.82) is 0 Å². The van der Waals surface area contributed by atoms with Gasteiger partial charge >= 0.3 is 0 Å². The highest BCUT2D eigenvalue weighted by Crippen LogP contribution is 2.24. The predicted molar refractivity (Wildman–Crippen MR) is 50.9 cm³/mol. The first kappa shape index (κ1) is 8.84. The van der Waals surface area contributed by atoms with Crippen molar-refractivity contribution in [1.82, 2.24) is 0 Å². The van der Waals surface area contributed by atoms with E-state index in [2.05, 4.69) is 32.8 Å². The fraction of sp³-hybridized carbons (Fsp3) is 1.00. The van der Waals surface area contributed by atoms with Gasteiger partial charge in [0.1, 0.15) is 0 Å². The summed E-state index contributed by atoms with van der Waals surface area (Å²) in [5, 5.41) is 0. The zero-order valence-corrected chi connectivity index (χ0v) is 8.30. The van der Waals surface area contributed by atoms with Crippen LogP contribution in [0.5, 0.6) is 0 Å². The summed E-state index contributed by atoms with van der Waals surface area (Å²) in [7, 11) is 0.711. The average Bonchev–Trinajstić information content (AvgIpc) is 1.64. The Bertz CT molecular complexity index is 105. The van der Waals surface area contributed by atoms with E-state index in [9.17, 15) is 0 Å². The first-order chi connectivity index (χ1) is 3.55. The third kappa shape index (κ3) is 2.99. The Kier molecular flexibility index (Phi) is 4.19. The molecule has 0 aromatic carbocycles. The minimum atomic E-state index is 0.00412. The van der Waals surface area contributed by atoms with Crippen LogP contribution in [0.4, 0.5) is 0 Å². The van der Waals surface area contributed by atoms with Gasteiger partial charge < -0.3 is 0 Å². The highest BCUT2D eigenvalue weighted by atomic mass is 32.5. The van der Waals surface area contributed by atoms with Crippen molar-refractivity contribution in [2.24, 2.45) is 0 Å². The smallest absolute Gasteiger partial charge is 0.167 e. The van der Waals surface area contributed by atoms with E-state index in [1.54, 1.807) is 0 Å². The monoisotopic (exact) mass is 150 g/mol. The molecule has 8 heavy (non-hydrogen) atoms. The summed E-state index contributed by atoms with van der Waals surface area (Å²) in [5.74, 6) is 0. The maximum atomic E-state index is 2.43. The second kappa shape index (κ2) is 3.79. The van der Waals surface area contributed by atoms with Crippen LogP contribution in [0.1, 0.15) is 0 Å². The van der Waals surface area contributed by atoms with Crippen LogP contribution in [0.3, 0.4) is 0 Å². The minimum Gasteiger partial charge on any atom is -0.207 e. The summed E-state index contributed by atoms with van der Waals surface area (Å²) in [6.07, 6.45) is 5.67. The van der Waals surface area contributed by atoms with E-state index >= 15 is 0 Å². The number of hydrogen-bond acceptors (Lipinski definition) is 0. The molecule has 0 spiro atoms. The van der Waals surface area contributed by atoms with Crippen LogP contribution in [-0.4, -0.2) is 25.6 Å². The van der Waals surface area contributed by atoms with Crippen LogP contribution in [0, 0.1) is 0 Å². The van der Waals surface area contributed by atoms with Crippen molar-refractivity contribution in [3.63, 3.8) is 0 Å². The molecule has 0 fully saturated rings. The maximum absolute atomic E-state index is 2.43. The zero-order chi connectivity index (χ0) is 6.73. The van der Waals surface area contributed by atoms with Crippen molar-refractivity contribution < 1.29 is 0 Å². The van der Waals surface area contributed by atoms with Gasteiger partial charge in [0.2, 0.25) is 0 Å². The molecule has 3 heteroatoms. The van der Waals surface area contributed by atoms with Crippen molar-refractivity contribution in [3.05, 3.63) is 0 Å². The van der Waals surface area contributed by atoms with E-state index in [0.717, 1.165) is 6.43 Å². The summed E-state index contributed by atoms with van der Waals surface area (Å²) < 4.78 is 0. The van der Waals surface area contributed by atoms with Gasteiger partial charge in [-0.05, 0) is 19.2 Å². The molecule has 0 N–H and O–H groups in total. The van der Waals surface area contributed by atoms with Gasteiger partial charge in [-0.15, -0.1) is 6.58 Å². The van der Waals surface area contributed by atoms with Crippen molar-refractivity contribution in [2.75, 3.05) is 19.2 Å². The van der Waals surface area contributed by atoms with Crippen molar-refractivity contribution >= 4 is 23.1 Å². The van der Waals surface area contributed by atoms with E-state index in [-0.39, 0.29) is 6.58 Å². The molecular weight excluding hydrogens is 134 g/mol. The van der Waals surface area contributed by atoms with Gasteiger partial charge in [0.05, 0.1) is 0 Å². The van der Waals surface area contributed by atoms with E-state index in [4.69, 9.17) is 0 Å². The lowest BCUT2D eigenvalue weighted by atomic mass is 9.84. The van der Waals surface area contributed by atoms with Crippen molar-refractivity contribution in [2.45, 2.75) is 13.6 Å². The lowest BCUT2D eigenvalue weighted by Crippen LogP contribution is -1.94. The molecule has 0 rings (SSSR count). The number of rotatable bonds is 1. The molecule has 0 radical (unpaired) electrons. The van der Waals surface area contributed by atoms with E-state index < -0.39 is 0 Å². The van der Waals surface area contributed by atoms with Gasteiger partial charge in [-0.2, -0.15) is 0 Å². The largest absolute Gasteiger partial charge is 0.207 e.